The highest BCUT2D eigenvalue weighted by molar-refractivity contribution is 5.84. The van der Waals surface area contributed by atoms with Crippen LogP contribution in [0.5, 0.6) is 0 Å². The first-order valence-electron chi connectivity index (χ1n) is 6.85. The Balaban J connectivity index is 1.98. The molecule has 3 unspecified atom stereocenters. The van der Waals surface area contributed by atoms with Crippen LogP contribution in [0.2, 0.25) is 0 Å². The van der Waals surface area contributed by atoms with Gasteiger partial charge in [0.2, 0.25) is 5.76 Å². The minimum absolute atomic E-state index is 0.0509. The first kappa shape index (κ1) is 14.1. The predicted molar refractivity (Wildman–Crippen MR) is 70.1 cm³/mol. The molecule has 5 nitrogen and oxygen atoms in total. The summed E-state index contributed by atoms with van der Waals surface area (Å²) in [5, 5.41) is 22.2. The number of hydrogen-bond donors (Lipinski definition) is 3. The second-order valence-corrected chi connectivity index (χ2v) is 5.21. The molecule has 2 rings (SSSR count). The molecule has 1 heterocycles. The van der Waals surface area contributed by atoms with Gasteiger partial charge in [-0.1, -0.05) is 19.3 Å². The molecular weight excluding hydrogens is 246 g/mol. The van der Waals surface area contributed by atoms with Crippen LogP contribution in [0.3, 0.4) is 0 Å². The molecule has 0 aromatic carbocycles. The van der Waals surface area contributed by atoms with E-state index < -0.39 is 5.97 Å². The summed E-state index contributed by atoms with van der Waals surface area (Å²) in [5.74, 6) is -0.521. The summed E-state index contributed by atoms with van der Waals surface area (Å²) in [6.07, 6.45) is 4.77. The van der Waals surface area contributed by atoms with Gasteiger partial charge in [-0.15, -0.1) is 0 Å². The first-order valence-corrected chi connectivity index (χ1v) is 6.85. The molecule has 1 saturated carbocycles. The number of carbonyl (C=O) groups is 1. The van der Waals surface area contributed by atoms with Crippen LogP contribution < -0.4 is 5.32 Å². The van der Waals surface area contributed by atoms with Crippen molar-refractivity contribution in [2.75, 3.05) is 0 Å². The highest BCUT2D eigenvalue weighted by Crippen LogP contribution is 2.22. The summed E-state index contributed by atoms with van der Waals surface area (Å²) in [6.45, 7) is 1.92. The third kappa shape index (κ3) is 3.58. The maximum absolute atomic E-state index is 10.8. The highest BCUT2D eigenvalue weighted by atomic mass is 16.4. The zero-order chi connectivity index (χ0) is 13.8. The number of carboxylic acid groups (broad SMARTS) is 1. The largest absolute Gasteiger partial charge is 0.475 e. The van der Waals surface area contributed by atoms with E-state index in [1.807, 2.05) is 6.92 Å². The smallest absolute Gasteiger partial charge is 0.371 e. The second-order valence-electron chi connectivity index (χ2n) is 5.21. The molecule has 1 aromatic heterocycles. The summed E-state index contributed by atoms with van der Waals surface area (Å²) < 4.78 is 5.27. The van der Waals surface area contributed by atoms with Crippen LogP contribution in [0.25, 0.3) is 0 Å². The van der Waals surface area contributed by atoms with Crippen LogP contribution in [0.4, 0.5) is 0 Å². The minimum atomic E-state index is -1.06. The van der Waals surface area contributed by atoms with Crippen molar-refractivity contribution in [3.05, 3.63) is 23.7 Å². The number of furan rings is 1. The maximum Gasteiger partial charge on any atom is 0.371 e. The Kier molecular flexibility index (Phi) is 4.61. The van der Waals surface area contributed by atoms with Gasteiger partial charge in [-0.2, -0.15) is 0 Å². The number of rotatable bonds is 4. The molecule has 0 bridgehead atoms. The molecule has 19 heavy (non-hydrogen) atoms. The summed E-state index contributed by atoms with van der Waals surface area (Å²) in [7, 11) is 0. The quantitative estimate of drug-likeness (QED) is 0.729. The molecule has 0 amide bonds. The van der Waals surface area contributed by atoms with E-state index in [-0.39, 0.29) is 23.9 Å². The van der Waals surface area contributed by atoms with Crippen molar-refractivity contribution in [1.82, 2.24) is 5.32 Å². The van der Waals surface area contributed by atoms with Gasteiger partial charge in [0.1, 0.15) is 5.76 Å². The van der Waals surface area contributed by atoms with Gasteiger partial charge in [0, 0.05) is 6.04 Å². The van der Waals surface area contributed by atoms with Gasteiger partial charge in [-0.3, -0.25) is 0 Å². The number of carboxylic acids is 1. The Bertz CT molecular complexity index is 429. The predicted octanol–water partition coefficient (Wildman–Crippen LogP) is 2.32. The Morgan fingerprint density at radius 2 is 2.11 bits per heavy atom. The van der Waals surface area contributed by atoms with Gasteiger partial charge in [0.15, 0.2) is 0 Å². The van der Waals surface area contributed by atoms with Crippen LogP contribution in [0.15, 0.2) is 16.5 Å². The normalized spacial score (nSPS) is 25.8. The van der Waals surface area contributed by atoms with E-state index in [0.29, 0.717) is 5.76 Å². The molecule has 1 aliphatic carbocycles. The molecule has 1 aliphatic rings. The Hall–Kier alpha value is -1.33. The summed E-state index contributed by atoms with van der Waals surface area (Å²) in [6, 6.07) is 3.07. The Morgan fingerprint density at radius 1 is 1.37 bits per heavy atom. The molecule has 106 valence electrons. The average Bonchev–Trinajstić information content (AvgIpc) is 2.78. The van der Waals surface area contributed by atoms with Crippen molar-refractivity contribution in [2.45, 2.75) is 57.2 Å². The van der Waals surface area contributed by atoms with Gasteiger partial charge < -0.3 is 19.9 Å². The molecule has 0 radical (unpaired) electrons. The summed E-state index contributed by atoms with van der Waals surface area (Å²) >= 11 is 0. The highest BCUT2D eigenvalue weighted by Gasteiger charge is 2.24. The fraction of sp³-hybridized carbons (Fsp3) is 0.643. The fourth-order valence-corrected chi connectivity index (χ4v) is 2.59. The molecule has 0 saturated heterocycles. The molecule has 1 fully saturated rings. The lowest BCUT2D eigenvalue weighted by molar-refractivity contribution is 0.0657. The van der Waals surface area contributed by atoms with E-state index in [0.717, 1.165) is 32.1 Å². The van der Waals surface area contributed by atoms with Gasteiger partial charge in [0.25, 0.3) is 0 Å². The number of nitrogens with one attached hydrogen (secondary N) is 1. The minimum Gasteiger partial charge on any atom is -0.475 e. The third-order valence-electron chi connectivity index (χ3n) is 3.71. The fourth-order valence-electron chi connectivity index (χ4n) is 2.59. The number of aliphatic hydroxyl groups excluding tert-OH is 1. The monoisotopic (exact) mass is 267 g/mol. The van der Waals surface area contributed by atoms with Gasteiger partial charge >= 0.3 is 5.97 Å². The topological polar surface area (TPSA) is 82.7 Å². The standard InChI is InChI=1S/C14H21NO4/c1-9(12-7-8-13(19-12)14(17)18)15-10-5-3-2-4-6-11(10)16/h7-11,15-16H,2-6H2,1H3,(H,17,18). The SMILES string of the molecule is CC(NC1CCCCCC1O)c1ccc(C(=O)O)o1. The van der Waals surface area contributed by atoms with Crippen LogP contribution in [-0.4, -0.2) is 28.3 Å². The van der Waals surface area contributed by atoms with E-state index in [4.69, 9.17) is 9.52 Å². The van der Waals surface area contributed by atoms with Crippen LogP contribution in [0, 0.1) is 0 Å². The second kappa shape index (κ2) is 6.21. The van der Waals surface area contributed by atoms with E-state index in [1.54, 1.807) is 6.07 Å². The van der Waals surface area contributed by atoms with Crippen LogP contribution in [-0.2, 0) is 0 Å². The number of aliphatic hydroxyl groups is 1. The lowest BCUT2D eigenvalue weighted by atomic mass is 10.0. The van der Waals surface area contributed by atoms with E-state index in [2.05, 4.69) is 5.32 Å². The first-order chi connectivity index (χ1) is 9.08. The number of hydrogen-bond acceptors (Lipinski definition) is 4. The molecule has 5 heteroatoms. The van der Waals surface area contributed by atoms with E-state index in [9.17, 15) is 9.90 Å². The Labute approximate surface area is 112 Å². The van der Waals surface area contributed by atoms with Crippen LogP contribution in [0.1, 0.15) is 61.4 Å². The summed E-state index contributed by atoms with van der Waals surface area (Å²) in [4.78, 5) is 10.8. The van der Waals surface area contributed by atoms with Gasteiger partial charge in [-0.25, -0.2) is 4.79 Å². The van der Waals surface area contributed by atoms with Crippen molar-refractivity contribution >= 4 is 5.97 Å². The van der Waals surface area contributed by atoms with Crippen molar-refractivity contribution in [3.63, 3.8) is 0 Å². The lowest BCUT2D eigenvalue weighted by Crippen LogP contribution is -2.40. The number of aromatic carboxylic acids is 1. The van der Waals surface area contributed by atoms with E-state index >= 15 is 0 Å². The summed E-state index contributed by atoms with van der Waals surface area (Å²) in [5.41, 5.74) is 0. The van der Waals surface area contributed by atoms with Crippen molar-refractivity contribution in [3.8, 4) is 0 Å². The van der Waals surface area contributed by atoms with Crippen molar-refractivity contribution in [1.29, 1.82) is 0 Å². The third-order valence-corrected chi connectivity index (χ3v) is 3.71. The Morgan fingerprint density at radius 3 is 2.79 bits per heavy atom. The van der Waals surface area contributed by atoms with E-state index in [1.165, 1.54) is 6.07 Å². The molecule has 1 aromatic rings. The molecule has 3 atom stereocenters. The zero-order valence-corrected chi connectivity index (χ0v) is 11.1. The maximum atomic E-state index is 10.8. The zero-order valence-electron chi connectivity index (χ0n) is 11.1. The lowest BCUT2D eigenvalue weighted by Gasteiger charge is -2.25. The van der Waals surface area contributed by atoms with Gasteiger partial charge in [0.05, 0.1) is 12.1 Å². The molecule has 0 spiro atoms. The average molecular weight is 267 g/mol. The molecule has 3 N–H and O–H groups in total. The van der Waals surface area contributed by atoms with Crippen molar-refractivity contribution < 1.29 is 19.4 Å². The van der Waals surface area contributed by atoms with Crippen LogP contribution >= 0.6 is 0 Å². The van der Waals surface area contributed by atoms with Crippen molar-refractivity contribution in [2.24, 2.45) is 0 Å². The molecule has 0 aliphatic heterocycles. The van der Waals surface area contributed by atoms with Gasteiger partial charge in [-0.05, 0) is 31.9 Å². The molecular formula is C14H21NO4.